The maximum Gasteiger partial charge on any atom is 0.224 e. The Bertz CT molecular complexity index is 566. The first-order chi connectivity index (χ1) is 10.3. The standard InChI is InChI=1S/C17H20N2O2/c20-17-10-16(18-11-15-7-9-21-13-15)12-19(17)8-6-14-4-2-1-3-5-14/h1-5,7,9,13,16,18H,6,8,10-12H2. The number of carbonyl (C=O) groups is 1. The van der Waals surface area contributed by atoms with Gasteiger partial charge in [0.2, 0.25) is 5.91 Å². The summed E-state index contributed by atoms with van der Waals surface area (Å²) in [7, 11) is 0. The van der Waals surface area contributed by atoms with Crippen LogP contribution in [0.15, 0.2) is 53.3 Å². The first kappa shape index (κ1) is 13.9. The van der Waals surface area contributed by atoms with E-state index in [-0.39, 0.29) is 11.9 Å². The lowest BCUT2D eigenvalue weighted by atomic mass is 10.1. The van der Waals surface area contributed by atoms with E-state index in [9.17, 15) is 4.79 Å². The number of amides is 1. The lowest BCUT2D eigenvalue weighted by Crippen LogP contribution is -2.33. The van der Waals surface area contributed by atoms with Gasteiger partial charge in [0.15, 0.2) is 0 Å². The molecule has 1 fully saturated rings. The largest absolute Gasteiger partial charge is 0.472 e. The molecule has 110 valence electrons. The normalized spacial score (nSPS) is 18.4. The molecule has 0 radical (unpaired) electrons. The second kappa shape index (κ2) is 6.59. The Morgan fingerprint density at radius 2 is 2.05 bits per heavy atom. The third-order valence-electron chi connectivity index (χ3n) is 3.90. The van der Waals surface area contributed by atoms with Gasteiger partial charge in [-0.15, -0.1) is 0 Å². The lowest BCUT2D eigenvalue weighted by molar-refractivity contribution is -0.127. The van der Waals surface area contributed by atoms with E-state index in [0.717, 1.165) is 31.6 Å². The van der Waals surface area contributed by atoms with Crippen LogP contribution in [0.2, 0.25) is 0 Å². The molecule has 1 aliphatic rings. The van der Waals surface area contributed by atoms with Crippen LogP contribution in [0.25, 0.3) is 0 Å². The number of carbonyl (C=O) groups excluding carboxylic acids is 1. The Morgan fingerprint density at radius 1 is 1.19 bits per heavy atom. The van der Waals surface area contributed by atoms with E-state index in [2.05, 4.69) is 17.4 Å². The Balaban J connectivity index is 1.46. The minimum atomic E-state index is 0.239. The molecule has 3 rings (SSSR count). The fourth-order valence-corrected chi connectivity index (χ4v) is 2.69. The van der Waals surface area contributed by atoms with Crippen molar-refractivity contribution in [3.05, 3.63) is 60.1 Å². The summed E-state index contributed by atoms with van der Waals surface area (Å²) >= 11 is 0. The molecule has 1 aromatic heterocycles. The molecule has 1 amide bonds. The van der Waals surface area contributed by atoms with Crippen LogP contribution in [0.3, 0.4) is 0 Å². The molecule has 1 atom stereocenters. The van der Waals surface area contributed by atoms with E-state index in [1.807, 2.05) is 29.2 Å². The summed E-state index contributed by atoms with van der Waals surface area (Å²) in [6.07, 6.45) is 4.91. The van der Waals surface area contributed by atoms with Crippen LogP contribution < -0.4 is 5.32 Å². The Hall–Kier alpha value is -2.07. The molecule has 0 aliphatic carbocycles. The number of benzene rings is 1. The molecule has 21 heavy (non-hydrogen) atoms. The molecular weight excluding hydrogens is 264 g/mol. The zero-order valence-corrected chi connectivity index (χ0v) is 12.0. The van der Waals surface area contributed by atoms with Crippen molar-refractivity contribution < 1.29 is 9.21 Å². The lowest BCUT2D eigenvalue weighted by Gasteiger charge is -2.17. The Labute approximate surface area is 124 Å². The SMILES string of the molecule is O=C1CC(NCc2ccoc2)CN1CCc1ccccc1. The van der Waals surface area contributed by atoms with Gasteiger partial charge in [0.05, 0.1) is 12.5 Å². The van der Waals surface area contributed by atoms with Crippen molar-refractivity contribution in [1.82, 2.24) is 10.2 Å². The fourth-order valence-electron chi connectivity index (χ4n) is 2.69. The highest BCUT2D eigenvalue weighted by molar-refractivity contribution is 5.79. The van der Waals surface area contributed by atoms with Crippen LogP contribution in [-0.4, -0.2) is 29.9 Å². The van der Waals surface area contributed by atoms with Crippen molar-refractivity contribution in [2.24, 2.45) is 0 Å². The van der Waals surface area contributed by atoms with E-state index < -0.39 is 0 Å². The van der Waals surface area contributed by atoms with E-state index in [0.29, 0.717) is 6.42 Å². The summed E-state index contributed by atoms with van der Waals surface area (Å²) in [6, 6.07) is 12.5. The third kappa shape index (κ3) is 3.73. The molecular formula is C17H20N2O2. The predicted octanol–water partition coefficient (Wildman–Crippen LogP) is 2.21. The van der Waals surface area contributed by atoms with E-state index in [4.69, 9.17) is 4.42 Å². The maximum absolute atomic E-state index is 12.0. The summed E-state index contributed by atoms with van der Waals surface area (Å²) < 4.78 is 5.04. The van der Waals surface area contributed by atoms with Crippen molar-refractivity contribution >= 4 is 5.91 Å². The summed E-state index contributed by atoms with van der Waals surface area (Å²) in [5, 5.41) is 3.42. The zero-order valence-electron chi connectivity index (χ0n) is 12.0. The van der Waals surface area contributed by atoms with Crippen molar-refractivity contribution in [3.63, 3.8) is 0 Å². The van der Waals surface area contributed by atoms with Crippen molar-refractivity contribution in [2.75, 3.05) is 13.1 Å². The molecule has 1 unspecified atom stereocenters. The number of nitrogens with zero attached hydrogens (tertiary/aromatic N) is 1. The summed E-state index contributed by atoms with van der Waals surface area (Å²) in [4.78, 5) is 14.0. The summed E-state index contributed by atoms with van der Waals surface area (Å²) in [5.41, 5.74) is 2.39. The van der Waals surface area contributed by atoms with Gasteiger partial charge in [-0.05, 0) is 18.1 Å². The predicted molar refractivity (Wildman–Crippen MR) is 80.7 cm³/mol. The average Bonchev–Trinajstić information content (AvgIpc) is 3.14. The van der Waals surface area contributed by atoms with E-state index in [1.54, 1.807) is 12.5 Å². The Kier molecular flexibility index (Phi) is 4.36. The molecule has 0 bridgehead atoms. The smallest absolute Gasteiger partial charge is 0.224 e. The number of hydrogen-bond acceptors (Lipinski definition) is 3. The van der Waals surface area contributed by atoms with Gasteiger partial charge < -0.3 is 14.6 Å². The number of hydrogen-bond donors (Lipinski definition) is 1. The highest BCUT2D eigenvalue weighted by atomic mass is 16.3. The second-order valence-corrected chi connectivity index (χ2v) is 5.49. The quantitative estimate of drug-likeness (QED) is 0.884. The van der Waals surface area contributed by atoms with Crippen molar-refractivity contribution in [2.45, 2.75) is 25.4 Å². The summed E-state index contributed by atoms with van der Waals surface area (Å²) in [5.74, 6) is 0.246. The van der Waals surface area contributed by atoms with Gasteiger partial charge >= 0.3 is 0 Å². The van der Waals surface area contributed by atoms with Gasteiger partial charge in [-0.25, -0.2) is 0 Å². The average molecular weight is 284 g/mol. The third-order valence-corrected chi connectivity index (χ3v) is 3.90. The van der Waals surface area contributed by atoms with Crippen LogP contribution >= 0.6 is 0 Å². The van der Waals surface area contributed by atoms with Gasteiger partial charge in [-0.2, -0.15) is 0 Å². The molecule has 4 nitrogen and oxygen atoms in total. The number of rotatable bonds is 6. The van der Waals surface area contributed by atoms with Crippen molar-refractivity contribution in [3.8, 4) is 0 Å². The van der Waals surface area contributed by atoms with Crippen molar-refractivity contribution in [1.29, 1.82) is 0 Å². The minimum absolute atomic E-state index is 0.239. The molecule has 1 saturated heterocycles. The van der Waals surface area contributed by atoms with Gasteiger partial charge in [0.1, 0.15) is 0 Å². The molecule has 1 N–H and O–H groups in total. The van der Waals surface area contributed by atoms with E-state index >= 15 is 0 Å². The molecule has 2 heterocycles. The first-order valence-corrected chi connectivity index (χ1v) is 7.37. The molecule has 0 spiro atoms. The first-order valence-electron chi connectivity index (χ1n) is 7.37. The zero-order chi connectivity index (χ0) is 14.5. The maximum atomic E-state index is 12.0. The van der Waals surface area contributed by atoms with Crippen LogP contribution in [0.5, 0.6) is 0 Å². The number of nitrogens with one attached hydrogen (secondary N) is 1. The topological polar surface area (TPSA) is 45.5 Å². The van der Waals surface area contributed by atoms with Crippen LogP contribution in [-0.2, 0) is 17.8 Å². The molecule has 2 aromatic rings. The minimum Gasteiger partial charge on any atom is -0.472 e. The van der Waals surface area contributed by atoms with Gasteiger partial charge in [-0.1, -0.05) is 30.3 Å². The summed E-state index contributed by atoms with van der Waals surface area (Å²) in [6.45, 7) is 2.34. The Morgan fingerprint density at radius 3 is 2.81 bits per heavy atom. The monoisotopic (exact) mass is 284 g/mol. The number of likely N-dealkylation sites (tertiary alicyclic amines) is 1. The fraction of sp³-hybridized carbons (Fsp3) is 0.353. The van der Waals surface area contributed by atoms with Crippen LogP contribution in [0.1, 0.15) is 17.5 Å². The second-order valence-electron chi connectivity index (χ2n) is 5.49. The van der Waals surface area contributed by atoms with Gasteiger partial charge in [0, 0.05) is 37.7 Å². The highest BCUT2D eigenvalue weighted by Gasteiger charge is 2.28. The number of furan rings is 1. The van der Waals surface area contributed by atoms with Gasteiger partial charge in [0.25, 0.3) is 0 Å². The highest BCUT2D eigenvalue weighted by Crippen LogP contribution is 2.13. The molecule has 0 saturated carbocycles. The van der Waals surface area contributed by atoms with Crippen LogP contribution in [0, 0.1) is 0 Å². The van der Waals surface area contributed by atoms with E-state index in [1.165, 1.54) is 5.56 Å². The van der Waals surface area contributed by atoms with Gasteiger partial charge in [-0.3, -0.25) is 4.79 Å². The molecule has 1 aromatic carbocycles. The molecule has 4 heteroatoms. The van der Waals surface area contributed by atoms with Crippen LogP contribution in [0.4, 0.5) is 0 Å². The molecule has 1 aliphatic heterocycles.